The summed E-state index contributed by atoms with van der Waals surface area (Å²) in [7, 11) is 3.76. The molecule has 9 nitrogen and oxygen atoms in total. The van der Waals surface area contributed by atoms with Gasteiger partial charge in [-0.25, -0.2) is 8.78 Å². The Morgan fingerprint density at radius 2 is 1.81 bits per heavy atom. The van der Waals surface area contributed by atoms with Gasteiger partial charge in [0.05, 0.1) is 11.2 Å². The summed E-state index contributed by atoms with van der Waals surface area (Å²) in [5.74, 6) is 0.0695. The largest absolute Gasteiger partial charge is 0.421 e. The zero-order valence-corrected chi connectivity index (χ0v) is 20.6. The highest BCUT2D eigenvalue weighted by atomic mass is 19.1. The van der Waals surface area contributed by atoms with Crippen LogP contribution in [0.5, 0.6) is 11.8 Å². The summed E-state index contributed by atoms with van der Waals surface area (Å²) in [5.41, 5.74) is 1.74. The Hall–Kier alpha value is -3.99. The summed E-state index contributed by atoms with van der Waals surface area (Å²) < 4.78 is 37.6. The molecule has 0 spiro atoms. The number of hydrogen-bond acceptors (Lipinski definition) is 7. The molecule has 188 valence electrons. The molecule has 2 N–H and O–H groups in total. The van der Waals surface area contributed by atoms with Gasteiger partial charge in [0.2, 0.25) is 0 Å². The van der Waals surface area contributed by atoms with E-state index in [1.807, 2.05) is 25.1 Å². The van der Waals surface area contributed by atoms with Crippen LogP contribution in [0.4, 0.5) is 26.2 Å². The zero-order valence-electron chi connectivity index (χ0n) is 20.6. The first-order chi connectivity index (χ1) is 17.3. The van der Waals surface area contributed by atoms with Crippen LogP contribution in [-0.4, -0.2) is 62.9 Å². The number of hydrogen-bond donors (Lipinski definition) is 2. The Bertz CT molecular complexity index is 1440. The van der Waals surface area contributed by atoms with E-state index in [1.165, 1.54) is 0 Å². The first kappa shape index (κ1) is 23.7. The summed E-state index contributed by atoms with van der Waals surface area (Å²) in [6, 6.07) is 6.16. The lowest BCUT2D eigenvalue weighted by Gasteiger charge is -2.33. The highest BCUT2D eigenvalue weighted by Gasteiger charge is 2.21. The lowest BCUT2D eigenvalue weighted by Crippen LogP contribution is -2.44. The van der Waals surface area contributed by atoms with Gasteiger partial charge in [-0.15, -0.1) is 0 Å². The van der Waals surface area contributed by atoms with E-state index in [-0.39, 0.29) is 22.7 Å². The van der Waals surface area contributed by atoms with Crippen molar-refractivity contribution >= 4 is 34.4 Å². The summed E-state index contributed by atoms with van der Waals surface area (Å²) >= 11 is 0. The number of rotatable bonds is 6. The Morgan fingerprint density at radius 1 is 1.03 bits per heavy atom. The molecule has 3 aromatic heterocycles. The molecular weight excluding hydrogens is 466 g/mol. The average molecular weight is 495 g/mol. The summed E-state index contributed by atoms with van der Waals surface area (Å²) in [5, 5.41) is 10.5. The minimum atomic E-state index is -0.665. The zero-order chi connectivity index (χ0) is 25.4. The Labute approximate surface area is 207 Å². The van der Waals surface area contributed by atoms with Crippen molar-refractivity contribution in [3.8, 4) is 11.8 Å². The van der Waals surface area contributed by atoms with Crippen molar-refractivity contribution in [3.05, 3.63) is 53.4 Å². The van der Waals surface area contributed by atoms with Gasteiger partial charge in [-0.3, -0.25) is 5.10 Å². The normalized spacial score (nSPS) is 14.8. The van der Waals surface area contributed by atoms with Gasteiger partial charge in [0.25, 0.3) is 0 Å². The number of halogens is 2. The van der Waals surface area contributed by atoms with Gasteiger partial charge in [-0.1, -0.05) is 6.08 Å². The number of aromatic amines is 1. The van der Waals surface area contributed by atoms with Crippen LogP contribution >= 0.6 is 0 Å². The van der Waals surface area contributed by atoms with Crippen LogP contribution in [0.25, 0.3) is 17.0 Å². The number of piperazine rings is 1. The molecular formula is C25H28F2N8O. The number of anilines is 3. The van der Waals surface area contributed by atoms with Crippen LogP contribution in [-0.2, 0) is 7.05 Å². The number of ether oxygens (including phenoxy) is 1. The second-order valence-corrected chi connectivity index (χ2v) is 8.90. The molecule has 4 heterocycles. The van der Waals surface area contributed by atoms with Gasteiger partial charge in [-0.05, 0) is 33.0 Å². The minimum Gasteiger partial charge on any atom is -0.421 e. The van der Waals surface area contributed by atoms with Crippen LogP contribution < -0.4 is 15.0 Å². The molecule has 0 amide bonds. The third-order valence-corrected chi connectivity index (χ3v) is 6.33. The van der Waals surface area contributed by atoms with Gasteiger partial charge in [-0.2, -0.15) is 15.1 Å². The summed E-state index contributed by atoms with van der Waals surface area (Å²) in [6.45, 7) is 6.98. The quantitative estimate of drug-likeness (QED) is 0.405. The first-order valence-electron chi connectivity index (χ1n) is 11.7. The van der Waals surface area contributed by atoms with E-state index in [0.717, 1.165) is 43.6 Å². The Morgan fingerprint density at radius 3 is 2.56 bits per heavy atom. The molecule has 0 atom stereocenters. The maximum absolute atomic E-state index is 15.3. The van der Waals surface area contributed by atoms with E-state index >= 15 is 4.39 Å². The third kappa shape index (κ3) is 4.61. The van der Waals surface area contributed by atoms with Gasteiger partial charge in [0, 0.05) is 62.5 Å². The minimum absolute atomic E-state index is 0.0940. The van der Waals surface area contributed by atoms with E-state index in [9.17, 15) is 4.39 Å². The van der Waals surface area contributed by atoms with Crippen LogP contribution in [0.1, 0.15) is 18.3 Å². The second-order valence-electron chi connectivity index (χ2n) is 8.90. The third-order valence-electron chi connectivity index (χ3n) is 6.33. The average Bonchev–Trinajstić information content (AvgIpc) is 3.41. The van der Waals surface area contributed by atoms with Crippen molar-refractivity contribution in [2.75, 3.05) is 43.4 Å². The molecule has 0 aliphatic carbocycles. The second kappa shape index (κ2) is 9.57. The Kier molecular flexibility index (Phi) is 6.31. The maximum Gasteiger partial charge on any atom is 0.326 e. The van der Waals surface area contributed by atoms with Crippen LogP contribution in [0.3, 0.4) is 0 Å². The molecule has 0 radical (unpaired) electrons. The van der Waals surface area contributed by atoms with E-state index < -0.39 is 11.6 Å². The lowest BCUT2D eigenvalue weighted by molar-refractivity contribution is 0.311. The number of likely N-dealkylation sites (N-methyl/N-ethyl adjacent to an activating group) is 1. The molecule has 11 heteroatoms. The van der Waals surface area contributed by atoms with Crippen molar-refractivity contribution in [2.24, 2.45) is 7.05 Å². The standard InChI is InChI=1S/C25H28F2N8O/c1-5-6-16-12-21(32-31-16)28-20-14-22(35-9-7-33(3)8-10-35)30-25(29-20)36-19-13-18(26)24-17(23(19)27)11-15(2)34(24)4/h5-6,11-14H,7-10H2,1-4H3,(H2,28,29,30,31,32)/b6-5+. The van der Waals surface area contributed by atoms with Crippen LogP contribution in [0, 0.1) is 18.6 Å². The Balaban J connectivity index is 1.51. The van der Waals surface area contributed by atoms with E-state index in [1.54, 1.807) is 30.7 Å². The number of aryl methyl sites for hydroxylation is 2. The van der Waals surface area contributed by atoms with Crippen molar-refractivity contribution in [1.29, 1.82) is 0 Å². The highest BCUT2D eigenvalue weighted by molar-refractivity contribution is 5.84. The summed E-state index contributed by atoms with van der Waals surface area (Å²) in [6.07, 6.45) is 3.79. The maximum atomic E-state index is 15.3. The van der Waals surface area contributed by atoms with Gasteiger partial charge >= 0.3 is 6.01 Å². The number of H-pyrrole nitrogens is 1. The fraction of sp³-hybridized carbons (Fsp3) is 0.320. The topological polar surface area (TPSA) is 87.1 Å². The van der Waals surface area contributed by atoms with Crippen molar-refractivity contribution < 1.29 is 13.5 Å². The number of nitrogens with zero attached hydrogens (tertiary/aromatic N) is 6. The molecule has 0 bridgehead atoms. The van der Waals surface area contributed by atoms with Crippen LogP contribution in [0.2, 0.25) is 0 Å². The van der Waals surface area contributed by atoms with Crippen molar-refractivity contribution in [2.45, 2.75) is 13.8 Å². The lowest BCUT2D eigenvalue weighted by atomic mass is 10.2. The molecule has 0 saturated carbocycles. The molecule has 1 aromatic carbocycles. The molecule has 0 unspecified atom stereocenters. The smallest absolute Gasteiger partial charge is 0.326 e. The fourth-order valence-electron chi connectivity index (χ4n) is 4.26. The SMILES string of the molecule is C/C=C/c1cc(Nc2cc(N3CCN(C)CC3)nc(Oc3cc(F)c4c(cc(C)n4C)c3F)n2)n[nH]1. The molecule has 1 fully saturated rings. The van der Waals surface area contributed by atoms with E-state index in [0.29, 0.717) is 17.5 Å². The van der Waals surface area contributed by atoms with Gasteiger partial charge in [0.15, 0.2) is 23.2 Å². The number of allylic oxidation sites excluding steroid dienone is 1. The van der Waals surface area contributed by atoms with Crippen LogP contribution in [0.15, 0.2) is 30.3 Å². The molecule has 36 heavy (non-hydrogen) atoms. The predicted octanol–water partition coefficient (Wildman–Crippen LogP) is 4.60. The molecule has 1 aliphatic rings. The monoisotopic (exact) mass is 494 g/mol. The summed E-state index contributed by atoms with van der Waals surface area (Å²) in [4.78, 5) is 13.3. The van der Waals surface area contributed by atoms with Crippen molar-refractivity contribution in [1.82, 2.24) is 29.6 Å². The van der Waals surface area contributed by atoms with Gasteiger partial charge in [0.1, 0.15) is 11.6 Å². The molecule has 1 saturated heterocycles. The van der Waals surface area contributed by atoms with Crippen molar-refractivity contribution in [3.63, 3.8) is 0 Å². The highest BCUT2D eigenvalue weighted by Crippen LogP contribution is 2.34. The van der Waals surface area contributed by atoms with E-state index in [4.69, 9.17) is 4.74 Å². The predicted molar refractivity (Wildman–Crippen MR) is 136 cm³/mol. The number of fused-ring (bicyclic) bond motifs is 1. The van der Waals surface area contributed by atoms with E-state index in [2.05, 4.69) is 42.3 Å². The molecule has 5 rings (SSSR count). The molecule has 1 aliphatic heterocycles. The fourth-order valence-corrected chi connectivity index (χ4v) is 4.26. The number of nitrogens with one attached hydrogen (secondary N) is 2. The number of aromatic nitrogens is 5. The number of benzene rings is 1. The molecule has 4 aromatic rings. The van der Waals surface area contributed by atoms with Gasteiger partial charge < -0.3 is 24.4 Å². The first-order valence-corrected chi connectivity index (χ1v) is 11.7.